The highest BCUT2D eigenvalue weighted by atomic mass is 16.6. The van der Waals surface area contributed by atoms with E-state index in [0.29, 0.717) is 49.6 Å². The minimum atomic E-state index is -0.553. The number of carbonyl (C=O) groups is 2. The summed E-state index contributed by atoms with van der Waals surface area (Å²) in [5.41, 5.74) is 0.813. The third-order valence-corrected chi connectivity index (χ3v) is 4.49. The van der Waals surface area contributed by atoms with Crippen LogP contribution in [0.2, 0.25) is 0 Å². The molecule has 0 unspecified atom stereocenters. The molecule has 0 saturated heterocycles. The molecule has 26 heavy (non-hydrogen) atoms. The van der Waals surface area contributed by atoms with Gasteiger partial charge in [0.2, 0.25) is 0 Å². The lowest BCUT2D eigenvalue weighted by Gasteiger charge is -2.25. The van der Waals surface area contributed by atoms with Crippen LogP contribution in [0.25, 0.3) is 11.0 Å². The third-order valence-electron chi connectivity index (χ3n) is 4.49. The van der Waals surface area contributed by atoms with Crippen LogP contribution in [0.3, 0.4) is 0 Å². The summed E-state index contributed by atoms with van der Waals surface area (Å²) in [6.45, 7) is 4.47. The van der Waals surface area contributed by atoms with E-state index in [0.717, 1.165) is 5.56 Å². The number of carbonyl (C=O) groups excluding carboxylic acids is 2. The number of hydrogen-bond donors (Lipinski definition) is 1. The van der Waals surface area contributed by atoms with Crippen molar-refractivity contribution in [1.29, 1.82) is 0 Å². The first-order valence-corrected chi connectivity index (χ1v) is 8.35. The molecule has 1 N–H and O–H groups in total. The largest absolute Gasteiger partial charge is 0.507 e. The number of rotatable bonds is 3. The van der Waals surface area contributed by atoms with Crippen molar-refractivity contribution in [3.05, 3.63) is 51.9 Å². The van der Waals surface area contributed by atoms with Crippen molar-refractivity contribution < 1.29 is 23.8 Å². The van der Waals surface area contributed by atoms with E-state index in [1.165, 1.54) is 12.1 Å². The van der Waals surface area contributed by atoms with Crippen molar-refractivity contribution in [3.63, 3.8) is 0 Å². The SMILES string of the molecule is C=CCOC(=O)N1CCCc2c(c(=O)oc3c(C=O)c(O)ccc23)CC1. The van der Waals surface area contributed by atoms with Gasteiger partial charge in [-0.05, 0) is 37.0 Å². The normalized spacial score (nSPS) is 14.2. The molecule has 0 aliphatic carbocycles. The molecule has 0 saturated carbocycles. The average molecular weight is 357 g/mol. The van der Waals surface area contributed by atoms with Gasteiger partial charge in [0.15, 0.2) is 11.9 Å². The zero-order chi connectivity index (χ0) is 18.7. The van der Waals surface area contributed by atoms with Gasteiger partial charge in [0, 0.05) is 24.0 Å². The van der Waals surface area contributed by atoms with Crippen LogP contribution in [0.1, 0.15) is 27.9 Å². The standard InChI is InChI=1S/C19H19NO6/c1-2-10-25-19(24)20-8-3-4-12-13-5-6-16(22)15(11-21)17(13)26-18(23)14(12)7-9-20/h2,5-6,11,22H,1,3-4,7-10H2. The number of phenols is 1. The lowest BCUT2D eigenvalue weighted by atomic mass is 9.95. The molecule has 7 nitrogen and oxygen atoms in total. The summed E-state index contributed by atoms with van der Waals surface area (Å²) in [6.07, 6.45) is 3.05. The van der Waals surface area contributed by atoms with E-state index in [-0.39, 0.29) is 23.5 Å². The molecule has 1 aromatic heterocycles. The molecule has 2 aromatic rings. The zero-order valence-electron chi connectivity index (χ0n) is 14.2. The van der Waals surface area contributed by atoms with Crippen molar-refractivity contribution >= 4 is 23.3 Å². The van der Waals surface area contributed by atoms with Gasteiger partial charge in [0.05, 0.1) is 5.56 Å². The van der Waals surface area contributed by atoms with Gasteiger partial charge in [-0.15, -0.1) is 0 Å². The first-order chi connectivity index (χ1) is 12.6. The Morgan fingerprint density at radius 1 is 1.31 bits per heavy atom. The number of aryl methyl sites for hydroxylation is 1. The van der Waals surface area contributed by atoms with Crippen molar-refractivity contribution in [1.82, 2.24) is 4.90 Å². The molecule has 136 valence electrons. The second-order valence-electron chi connectivity index (χ2n) is 6.05. The van der Waals surface area contributed by atoms with Crippen LogP contribution in [0.15, 0.2) is 34.0 Å². The van der Waals surface area contributed by atoms with E-state index in [4.69, 9.17) is 9.15 Å². The predicted octanol–water partition coefficient (Wildman–Crippen LogP) is 2.42. The maximum atomic E-state index is 12.5. The molecule has 7 heteroatoms. The summed E-state index contributed by atoms with van der Waals surface area (Å²) < 4.78 is 10.4. The number of hydrogen-bond acceptors (Lipinski definition) is 6. The highest BCUT2D eigenvalue weighted by Gasteiger charge is 2.23. The Balaban J connectivity index is 2.00. The Kier molecular flexibility index (Phi) is 5.06. The molecular weight excluding hydrogens is 338 g/mol. The van der Waals surface area contributed by atoms with Gasteiger partial charge in [-0.25, -0.2) is 9.59 Å². The van der Waals surface area contributed by atoms with Gasteiger partial charge in [-0.1, -0.05) is 12.7 Å². The molecule has 3 rings (SSSR count). The number of benzene rings is 1. The molecule has 1 aliphatic rings. The van der Waals surface area contributed by atoms with E-state index in [1.807, 2.05) is 0 Å². The Labute approximate surface area is 149 Å². The fourth-order valence-electron chi connectivity index (χ4n) is 3.24. The van der Waals surface area contributed by atoms with Crippen LogP contribution in [0, 0.1) is 0 Å². The second-order valence-corrected chi connectivity index (χ2v) is 6.05. The lowest BCUT2D eigenvalue weighted by molar-refractivity contribution is 0.111. The van der Waals surface area contributed by atoms with Gasteiger partial charge in [0.1, 0.15) is 12.4 Å². The molecule has 0 atom stereocenters. The van der Waals surface area contributed by atoms with Crippen LogP contribution in [0.5, 0.6) is 5.75 Å². The van der Waals surface area contributed by atoms with E-state index < -0.39 is 11.7 Å². The molecule has 1 amide bonds. The minimum absolute atomic E-state index is 0.0286. The fraction of sp³-hybridized carbons (Fsp3) is 0.316. The lowest BCUT2D eigenvalue weighted by Crippen LogP contribution is -2.36. The van der Waals surface area contributed by atoms with Gasteiger partial charge in [-0.2, -0.15) is 0 Å². The van der Waals surface area contributed by atoms with Crippen molar-refractivity contribution in [2.75, 3.05) is 19.7 Å². The van der Waals surface area contributed by atoms with Crippen LogP contribution in [-0.4, -0.2) is 42.1 Å². The van der Waals surface area contributed by atoms with E-state index in [1.54, 1.807) is 11.0 Å². The average Bonchev–Trinajstić information content (AvgIpc) is 2.60. The van der Waals surface area contributed by atoms with Crippen LogP contribution < -0.4 is 5.63 Å². The smallest absolute Gasteiger partial charge is 0.410 e. The maximum absolute atomic E-state index is 12.5. The number of amides is 1. The summed E-state index contributed by atoms with van der Waals surface area (Å²) in [7, 11) is 0. The molecule has 0 bridgehead atoms. The monoisotopic (exact) mass is 357 g/mol. The van der Waals surface area contributed by atoms with Crippen molar-refractivity contribution in [3.8, 4) is 5.75 Å². The number of aromatic hydroxyl groups is 1. The first kappa shape index (κ1) is 17.7. The third kappa shape index (κ3) is 3.20. The first-order valence-electron chi connectivity index (χ1n) is 8.35. The van der Waals surface area contributed by atoms with Crippen LogP contribution in [0.4, 0.5) is 4.79 Å². The number of phenolic OH excluding ortho intramolecular Hbond substituents is 1. The Hall–Kier alpha value is -3.09. The summed E-state index contributed by atoms with van der Waals surface area (Å²) in [4.78, 5) is 37.3. The van der Waals surface area contributed by atoms with Gasteiger partial charge >= 0.3 is 11.7 Å². The predicted molar refractivity (Wildman–Crippen MR) is 94.7 cm³/mol. The van der Waals surface area contributed by atoms with E-state index >= 15 is 0 Å². The minimum Gasteiger partial charge on any atom is -0.507 e. The van der Waals surface area contributed by atoms with Crippen LogP contribution >= 0.6 is 0 Å². The summed E-state index contributed by atoms with van der Waals surface area (Å²) >= 11 is 0. The number of fused-ring (bicyclic) bond motifs is 3. The Bertz CT molecular complexity index is 930. The number of ether oxygens (including phenoxy) is 1. The van der Waals surface area contributed by atoms with Gasteiger partial charge in [-0.3, -0.25) is 4.79 Å². The van der Waals surface area contributed by atoms with Crippen molar-refractivity contribution in [2.45, 2.75) is 19.3 Å². The highest BCUT2D eigenvalue weighted by Crippen LogP contribution is 2.30. The second kappa shape index (κ2) is 7.43. The van der Waals surface area contributed by atoms with Crippen molar-refractivity contribution in [2.24, 2.45) is 0 Å². The fourth-order valence-corrected chi connectivity index (χ4v) is 3.24. The van der Waals surface area contributed by atoms with Crippen LogP contribution in [-0.2, 0) is 17.6 Å². The molecular formula is C19H19NO6. The zero-order valence-corrected chi connectivity index (χ0v) is 14.2. The Morgan fingerprint density at radius 2 is 2.12 bits per heavy atom. The molecule has 0 fully saturated rings. The Morgan fingerprint density at radius 3 is 2.85 bits per heavy atom. The molecule has 1 aliphatic heterocycles. The quantitative estimate of drug-likeness (QED) is 0.515. The van der Waals surface area contributed by atoms with E-state index in [2.05, 4.69) is 6.58 Å². The number of aldehydes is 1. The van der Waals surface area contributed by atoms with Gasteiger partial charge < -0.3 is 19.2 Å². The molecule has 1 aromatic carbocycles. The molecule has 0 spiro atoms. The summed E-state index contributed by atoms with van der Waals surface area (Å²) in [5.74, 6) is -0.224. The van der Waals surface area contributed by atoms with Gasteiger partial charge in [0.25, 0.3) is 0 Å². The van der Waals surface area contributed by atoms with E-state index in [9.17, 15) is 19.5 Å². The summed E-state index contributed by atoms with van der Waals surface area (Å²) in [5, 5.41) is 10.5. The topological polar surface area (TPSA) is 97.0 Å². The number of nitrogens with zero attached hydrogens (tertiary/aromatic N) is 1. The maximum Gasteiger partial charge on any atom is 0.410 e. The molecule has 2 heterocycles. The molecule has 0 radical (unpaired) electrons. The summed E-state index contributed by atoms with van der Waals surface area (Å²) in [6, 6.07) is 3.07. The highest BCUT2D eigenvalue weighted by molar-refractivity contribution is 5.98.